The highest BCUT2D eigenvalue weighted by atomic mass is 19.4. The fourth-order valence-corrected chi connectivity index (χ4v) is 1.12. The summed E-state index contributed by atoms with van der Waals surface area (Å²) in [7, 11) is 0. The number of anilines is 1. The molecule has 0 aliphatic heterocycles. The van der Waals surface area contributed by atoms with E-state index in [0.717, 1.165) is 6.20 Å². The monoisotopic (exact) mass is 273 g/mol. The molecule has 1 heterocycles. The molecule has 1 amide bonds. The SMILES string of the molecule is CC(C)(O)C(=O)Nc1cnc(C#N)c(C(F)(F)F)c1. The second kappa shape index (κ2) is 4.85. The molecule has 0 atom stereocenters. The summed E-state index contributed by atoms with van der Waals surface area (Å²) in [6.45, 7) is 2.37. The minimum atomic E-state index is -4.76. The van der Waals surface area contributed by atoms with Crippen molar-refractivity contribution in [3.63, 3.8) is 0 Å². The Morgan fingerprint density at radius 1 is 1.47 bits per heavy atom. The van der Waals surface area contributed by atoms with E-state index in [-0.39, 0.29) is 5.69 Å². The number of pyridine rings is 1. The number of hydrogen-bond acceptors (Lipinski definition) is 4. The summed E-state index contributed by atoms with van der Waals surface area (Å²) in [5, 5.41) is 20.0. The van der Waals surface area contributed by atoms with E-state index in [1.807, 2.05) is 0 Å². The van der Waals surface area contributed by atoms with E-state index in [1.54, 1.807) is 0 Å². The number of aromatic nitrogens is 1. The Hall–Kier alpha value is -2.14. The summed E-state index contributed by atoms with van der Waals surface area (Å²) >= 11 is 0. The topological polar surface area (TPSA) is 86.0 Å². The number of carbonyl (C=O) groups excluding carboxylic acids is 1. The molecule has 19 heavy (non-hydrogen) atoms. The Kier molecular flexibility index (Phi) is 3.81. The van der Waals surface area contributed by atoms with Crippen molar-refractivity contribution in [3.8, 4) is 6.07 Å². The van der Waals surface area contributed by atoms with Gasteiger partial charge in [-0.3, -0.25) is 4.79 Å². The number of rotatable bonds is 2. The number of aliphatic hydroxyl groups is 1. The van der Waals surface area contributed by atoms with Crippen LogP contribution in [-0.2, 0) is 11.0 Å². The molecule has 0 bridgehead atoms. The van der Waals surface area contributed by atoms with Gasteiger partial charge in [-0.05, 0) is 19.9 Å². The average molecular weight is 273 g/mol. The van der Waals surface area contributed by atoms with E-state index in [4.69, 9.17) is 5.26 Å². The Bertz CT molecular complexity index is 542. The second-order valence-corrected chi connectivity index (χ2v) is 4.24. The van der Waals surface area contributed by atoms with Gasteiger partial charge >= 0.3 is 6.18 Å². The third-order valence-corrected chi connectivity index (χ3v) is 2.11. The zero-order valence-corrected chi connectivity index (χ0v) is 10.0. The Balaban J connectivity index is 3.14. The van der Waals surface area contributed by atoms with Crippen LogP contribution in [0.1, 0.15) is 25.1 Å². The van der Waals surface area contributed by atoms with Gasteiger partial charge in [-0.2, -0.15) is 18.4 Å². The van der Waals surface area contributed by atoms with Crippen molar-refractivity contribution in [2.75, 3.05) is 5.32 Å². The van der Waals surface area contributed by atoms with Crippen LogP contribution >= 0.6 is 0 Å². The Morgan fingerprint density at radius 3 is 2.47 bits per heavy atom. The molecule has 0 aromatic carbocycles. The smallest absolute Gasteiger partial charge is 0.381 e. The van der Waals surface area contributed by atoms with Gasteiger partial charge in [0.15, 0.2) is 5.69 Å². The summed E-state index contributed by atoms with van der Waals surface area (Å²) in [6.07, 6.45) is -3.84. The highest BCUT2D eigenvalue weighted by molar-refractivity contribution is 5.96. The zero-order valence-electron chi connectivity index (χ0n) is 10.0. The van der Waals surface area contributed by atoms with Crippen molar-refractivity contribution in [1.82, 2.24) is 4.98 Å². The van der Waals surface area contributed by atoms with Crippen molar-refractivity contribution >= 4 is 11.6 Å². The predicted molar refractivity (Wildman–Crippen MR) is 58.9 cm³/mol. The third-order valence-electron chi connectivity index (χ3n) is 2.11. The highest BCUT2D eigenvalue weighted by Gasteiger charge is 2.35. The Morgan fingerprint density at radius 2 is 2.05 bits per heavy atom. The first-order valence-corrected chi connectivity index (χ1v) is 5.07. The van der Waals surface area contributed by atoms with Crippen molar-refractivity contribution in [3.05, 3.63) is 23.5 Å². The minimum absolute atomic E-state index is 0.251. The lowest BCUT2D eigenvalue weighted by Crippen LogP contribution is -2.36. The molecule has 1 rings (SSSR count). The molecule has 0 aliphatic rings. The summed E-state index contributed by atoms with van der Waals surface area (Å²) < 4.78 is 37.9. The minimum Gasteiger partial charge on any atom is -0.381 e. The molecule has 0 saturated heterocycles. The molecule has 1 aromatic rings. The van der Waals surface area contributed by atoms with E-state index >= 15 is 0 Å². The van der Waals surface area contributed by atoms with Crippen LogP contribution in [0.2, 0.25) is 0 Å². The van der Waals surface area contributed by atoms with Gasteiger partial charge in [-0.25, -0.2) is 4.98 Å². The molecule has 0 saturated carbocycles. The van der Waals surface area contributed by atoms with Gasteiger partial charge in [-0.15, -0.1) is 0 Å². The first kappa shape index (κ1) is 14.9. The van der Waals surface area contributed by atoms with E-state index in [2.05, 4.69) is 10.3 Å². The quantitative estimate of drug-likeness (QED) is 0.858. The molecule has 0 aliphatic carbocycles. The first-order valence-electron chi connectivity index (χ1n) is 5.07. The number of nitrogens with one attached hydrogen (secondary N) is 1. The zero-order chi connectivity index (χ0) is 14.8. The number of nitriles is 1. The maximum Gasteiger partial charge on any atom is 0.419 e. The maximum atomic E-state index is 12.6. The number of alkyl halides is 3. The van der Waals surface area contributed by atoms with Crippen LogP contribution < -0.4 is 5.32 Å². The van der Waals surface area contributed by atoms with Crippen LogP contribution in [0.5, 0.6) is 0 Å². The van der Waals surface area contributed by atoms with Gasteiger partial charge in [0.2, 0.25) is 0 Å². The Labute approximate surface area is 106 Å². The predicted octanol–water partition coefficient (Wildman–Crippen LogP) is 1.68. The lowest BCUT2D eigenvalue weighted by Gasteiger charge is -2.17. The summed E-state index contributed by atoms with van der Waals surface area (Å²) in [4.78, 5) is 14.7. The molecule has 5 nitrogen and oxygen atoms in total. The number of hydrogen-bond donors (Lipinski definition) is 2. The van der Waals surface area contributed by atoms with Crippen LogP contribution in [0, 0.1) is 11.3 Å². The van der Waals surface area contributed by atoms with Crippen molar-refractivity contribution in [1.29, 1.82) is 5.26 Å². The molecule has 0 radical (unpaired) electrons. The molecule has 2 N–H and O–H groups in total. The number of carbonyl (C=O) groups is 1. The average Bonchev–Trinajstić information content (AvgIpc) is 2.26. The van der Waals surface area contributed by atoms with Gasteiger partial charge in [0, 0.05) is 0 Å². The lowest BCUT2D eigenvalue weighted by molar-refractivity contribution is -0.138. The van der Waals surface area contributed by atoms with Gasteiger partial charge in [0.25, 0.3) is 5.91 Å². The van der Waals surface area contributed by atoms with E-state index in [9.17, 15) is 23.1 Å². The van der Waals surface area contributed by atoms with Crippen molar-refractivity contribution in [2.24, 2.45) is 0 Å². The fourth-order valence-electron chi connectivity index (χ4n) is 1.12. The summed E-state index contributed by atoms with van der Waals surface area (Å²) in [5.74, 6) is -0.882. The standard InChI is InChI=1S/C11H10F3N3O2/c1-10(2,19)9(18)17-6-3-7(11(12,13)14)8(4-15)16-5-6/h3,5,19H,1-2H3,(H,17,18). The second-order valence-electron chi connectivity index (χ2n) is 4.24. The van der Waals surface area contributed by atoms with Crippen molar-refractivity contribution in [2.45, 2.75) is 25.6 Å². The van der Waals surface area contributed by atoms with Crippen LogP contribution in [0.25, 0.3) is 0 Å². The molecular weight excluding hydrogens is 263 g/mol. The van der Waals surface area contributed by atoms with Gasteiger partial charge in [0.05, 0.1) is 17.4 Å². The van der Waals surface area contributed by atoms with Gasteiger partial charge < -0.3 is 10.4 Å². The summed E-state index contributed by atoms with van der Waals surface area (Å²) in [5.41, 5.74) is -4.03. The van der Waals surface area contributed by atoms with Crippen LogP contribution in [-0.4, -0.2) is 21.6 Å². The van der Waals surface area contributed by atoms with Crippen molar-refractivity contribution < 1.29 is 23.1 Å². The largest absolute Gasteiger partial charge is 0.419 e. The molecule has 102 valence electrons. The maximum absolute atomic E-state index is 12.6. The van der Waals surface area contributed by atoms with E-state index in [0.29, 0.717) is 6.07 Å². The van der Waals surface area contributed by atoms with E-state index < -0.39 is 28.9 Å². The molecular formula is C11H10F3N3O2. The van der Waals surface area contributed by atoms with Crippen LogP contribution in [0.4, 0.5) is 18.9 Å². The summed E-state index contributed by atoms with van der Waals surface area (Å²) in [6, 6.07) is 1.91. The number of amides is 1. The molecule has 8 heteroatoms. The molecule has 0 fully saturated rings. The third kappa shape index (κ3) is 3.66. The van der Waals surface area contributed by atoms with E-state index in [1.165, 1.54) is 19.9 Å². The molecule has 0 spiro atoms. The number of nitrogens with zero attached hydrogens (tertiary/aromatic N) is 2. The van der Waals surface area contributed by atoms with Crippen LogP contribution in [0.15, 0.2) is 12.3 Å². The van der Waals surface area contributed by atoms with Crippen LogP contribution in [0.3, 0.4) is 0 Å². The highest BCUT2D eigenvalue weighted by Crippen LogP contribution is 2.32. The first-order chi connectivity index (χ1) is 8.55. The molecule has 0 unspecified atom stereocenters. The van der Waals surface area contributed by atoms with Gasteiger partial charge in [-0.1, -0.05) is 0 Å². The molecule has 1 aromatic heterocycles. The lowest BCUT2D eigenvalue weighted by atomic mass is 10.1. The number of halogens is 3. The van der Waals surface area contributed by atoms with Gasteiger partial charge in [0.1, 0.15) is 11.7 Å². The fraction of sp³-hybridized carbons (Fsp3) is 0.364. The normalized spacial score (nSPS) is 11.8.